The number of carbonyl (C=O) groups excluding carboxylic acids is 2. The fourth-order valence-corrected chi connectivity index (χ4v) is 3.14. The van der Waals surface area contributed by atoms with Crippen molar-refractivity contribution in [3.05, 3.63) is 59.7 Å². The van der Waals surface area contributed by atoms with Crippen molar-refractivity contribution < 1.29 is 14.3 Å². The maximum Gasteiger partial charge on any atom is 0.254 e. The van der Waals surface area contributed by atoms with E-state index in [1.165, 1.54) is 0 Å². The van der Waals surface area contributed by atoms with Crippen molar-refractivity contribution in [3.8, 4) is 11.1 Å². The van der Waals surface area contributed by atoms with Gasteiger partial charge in [-0.1, -0.05) is 30.3 Å². The molecular weight excluding hydrogens is 330 g/mol. The molecular formula is C20H23N3O3. The Bertz CT molecular complexity index is 804. The molecule has 1 saturated heterocycles. The number of nitrogens with two attached hydrogens (primary N) is 2. The van der Waals surface area contributed by atoms with Gasteiger partial charge in [0.2, 0.25) is 5.91 Å². The van der Waals surface area contributed by atoms with Crippen LogP contribution in [-0.4, -0.2) is 42.0 Å². The average molecular weight is 353 g/mol. The van der Waals surface area contributed by atoms with Gasteiger partial charge in [0.05, 0.1) is 12.6 Å². The van der Waals surface area contributed by atoms with E-state index in [0.717, 1.165) is 16.7 Å². The molecule has 0 saturated carbocycles. The Morgan fingerprint density at radius 3 is 2.50 bits per heavy atom. The molecule has 0 bridgehead atoms. The Morgan fingerprint density at radius 1 is 1.12 bits per heavy atom. The van der Waals surface area contributed by atoms with E-state index in [1.54, 1.807) is 17.0 Å². The third-order valence-electron chi connectivity index (χ3n) is 4.49. The summed E-state index contributed by atoms with van der Waals surface area (Å²) in [5, 5.41) is 0. The summed E-state index contributed by atoms with van der Waals surface area (Å²) in [6.07, 6.45) is -0.996. The van der Waals surface area contributed by atoms with Crippen LogP contribution in [0.15, 0.2) is 48.5 Å². The zero-order valence-electron chi connectivity index (χ0n) is 14.7. The monoisotopic (exact) mass is 353 g/mol. The van der Waals surface area contributed by atoms with Gasteiger partial charge in [-0.3, -0.25) is 9.59 Å². The second kappa shape index (κ2) is 7.68. The molecule has 0 radical (unpaired) electrons. The van der Waals surface area contributed by atoms with Crippen LogP contribution in [-0.2, 0) is 16.1 Å². The predicted molar refractivity (Wildman–Crippen MR) is 99.2 cm³/mol. The van der Waals surface area contributed by atoms with Crippen molar-refractivity contribution in [3.63, 3.8) is 0 Å². The highest BCUT2D eigenvalue weighted by atomic mass is 16.5. The minimum atomic E-state index is -0.763. The van der Waals surface area contributed by atoms with Crippen molar-refractivity contribution in [2.24, 2.45) is 11.5 Å². The minimum absolute atomic E-state index is 0.131. The fourth-order valence-electron chi connectivity index (χ4n) is 3.14. The van der Waals surface area contributed by atoms with E-state index in [-0.39, 0.29) is 18.6 Å². The van der Waals surface area contributed by atoms with E-state index >= 15 is 0 Å². The molecule has 26 heavy (non-hydrogen) atoms. The Kier molecular flexibility index (Phi) is 5.35. The lowest BCUT2D eigenvalue weighted by Gasteiger charge is -2.35. The van der Waals surface area contributed by atoms with Gasteiger partial charge in [-0.05, 0) is 41.8 Å². The summed E-state index contributed by atoms with van der Waals surface area (Å²) in [5.74, 6) is -0.682. The fraction of sp³-hybridized carbons (Fsp3) is 0.300. The molecule has 0 aromatic heterocycles. The number of benzene rings is 2. The summed E-state index contributed by atoms with van der Waals surface area (Å²) in [6.45, 7) is 2.92. The van der Waals surface area contributed by atoms with Gasteiger partial charge in [0.25, 0.3) is 5.91 Å². The van der Waals surface area contributed by atoms with E-state index in [9.17, 15) is 9.59 Å². The molecule has 2 atom stereocenters. The number of amides is 2. The lowest BCUT2D eigenvalue weighted by Crippen LogP contribution is -2.53. The lowest BCUT2D eigenvalue weighted by atomic mass is 10.0. The molecule has 2 aromatic rings. The van der Waals surface area contributed by atoms with E-state index in [0.29, 0.717) is 18.7 Å². The first-order valence-electron chi connectivity index (χ1n) is 8.61. The molecule has 1 aliphatic heterocycles. The smallest absolute Gasteiger partial charge is 0.254 e. The molecule has 0 spiro atoms. The minimum Gasteiger partial charge on any atom is -0.367 e. The number of rotatable bonds is 4. The number of primary amides is 1. The highest BCUT2D eigenvalue weighted by Gasteiger charge is 2.31. The zero-order chi connectivity index (χ0) is 18.7. The quantitative estimate of drug-likeness (QED) is 0.871. The summed E-state index contributed by atoms with van der Waals surface area (Å²) in [6, 6.07) is 15.4. The molecule has 2 unspecified atom stereocenters. The van der Waals surface area contributed by atoms with E-state index in [1.807, 2.05) is 43.3 Å². The molecule has 6 nitrogen and oxygen atoms in total. The van der Waals surface area contributed by atoms with Crippen molar-refractivity contribution >= 4 is 11.8 Å². The number of hydrogen-bond donors (Lipinski definition) is 2. The molecule has 2 aromatic carbocycles. The topological polar surface area (TPSA) is 98.6 Å². The first-order valence-corrected chi connectivity index (χ1v) is 8.61. The zero-order valence-corrected chi connectivity index (χ0v) is 14.7. The predicted octanol–water partition coefficient (Wildman–Crippen LogP) is 1.53. The van der Waals surface area contributed by atoms with Gasteiger partial charge in [0.1, 0.15) is 0 Å². The van der Waals surface area contributed by atoms with Crippen molar-refractivity contribution in [2.75, 3.05) is 13.1 Å². The van der Waals surface area contributed by atoms with Gasteiger partial charge in [0.15, 0.2) is 6.10 Å². The molecule has 136 valence electrons. The van der Waals surface area contributed by atoms with Gasteiger partial charge >= 0.3 is 0 Å². The van der Waals surface area contributed by atoms with Crippen LogP contribution in [0.3, 0.4) is 0 Å². The molecule has 4 N–H and O–H groups in total. The third kappa shape index (κ3) is 3.92. The van der Waals surface area contributed by atoms with Crippen LogP contribution in [0.5, 0.6) is 0 Å². The van der Waals surface area contributed by atoms with Crippen molar-refractivity contribution in [1.82, 2.24) is 4.90 Å². The van der Waals surface area contributed by atoms with Crippen LogP contribution >= 0.6 is 0 Å². The van der Waals surface area contributed by atoms with Crippen molar-refractivity contribution in [1.29, 1.82) is 0 Å². The van der Waals surface area contributed by atoms with Crippen LogP contribution in [0.1, 0.15) is 22.8 Å². The molecule has 0 aliphatic carbocycles. The summed E-state index contributed by atoms with van der Waals surface area (Å²) in [4.78, 5) is 25.8. The molecule has 3 rings (SSSR count). The van der Waals surface area contributed by atoms with Gasteiger partial charge in [-0.25, -0.2) is 0 Å². The van der Waals surface area contributed by atoms with Gasteiger partial charge in [-0.15, -0.1) is 0 Å². The van der Waals surface area contributed by atoms with Gasteiger partial charge < -0.3 is 21.1 Å². The summed E-state index contributed by atoms with van der Waals surface area (Å²) < 4.78 is 5.48. The highest BCUT2D eigenvalue weighted by Crippen LogP contribution is 2.22. The number of hydrogen-bond acceptors (Lipinski definition) is 4. The van der Waals surface area contributed by atoms with Crippen LogP contribution in [0.2, 0.25) is 0 Å². The number of morpholine rings is 1. The Balaban J connectivity index is 1.77. The highest BCUT2D eigenvalue weighted by molar-refractivity contribution is 5.95. The Morgan fingerprint density at radius 2 is 1.85 bits per heavy atom. The first kappa shape index (κ1) is 18.1. The SMILES string of the molecule is CC1CN(C(=O)c2ccc(-c3cccc(CN)c3)cc2)CC(C(N)=O)O1. The maximum absolute atomic E-state index is 12.8. The van der Waals surface area contributed by atoms with Gasteiger partial charge in [0, 0.05) is 18.7 Å². The number of nitrogens with zero attached hydrogens (tertiary/aromatic N) is 1. The summed E-state index contributed by atoms with van der Waals surface area (Å²) in [7, 11) is 0. The summed E-state index contributed by atoms with van der Waals surface area (Å²) >= 11 is 0. The second-order valence-corrected chi connectivity index (χ2v) is 6.53. The average Bonchev–Trinajstić information content (AvgIpc) is 2.67. The van der Waals surface area contributed by atoms with Crippen molar-refractivity contribution in [2.45, 2.75) is 25.7 Å². The van der Waals surface area contributed by atoms with Gasteiger partial charge in [-0.2, -0.15) is 0 Å². The second-order valence-electron chi connectivity index (χ2n) is 6.53. The molecule has 1 heterocycles. The number of carbonyl (C=O) groups is 2. The molecule has 1 fully saturated rings. The Hall–Kier alpha value is -2.70. The van der Waals surface area contributed by atoms with Crippen LogP contribution < -0.4 is 11.5 Å². The van der Waals surface area contributed by atoms with Crippen LogP contribution in [0, 0.1) is 0 Å². The Labute approximate surface area is 152 Å². The summed E-state index contributed by atoms with van der Waals surface area (Å²) in [5.41, 5.74) is 14.7. The lowest BCUT2D eigenvalue weighted by molar-refractivity contribution is -0.140. The molecule has 6 heteroatoms. The molecule has 1 aliphatic rings. The van der Waals surface area contributed by atoms with E-state index < -0.39 is 12.0 Å². The maximum atomic E-state index is 12.8. The largest absolute Gasteiger partial charge is 0.367 e. The normalized spacial score (nSPS) is 20.0. The number of ether oxygens (including phenoxy) is 1. The van der Waals surface area contributed by atoms with E-state index in [2.05, 4.69) is 0 Å². The van der Waals surface area contributed by atoms with E-state index in [4.69, 9.17) is 16.2 Å². The standard InChI is InChI=1S/C20H23N3O3/c1-13-11-23(12-18(26-13)19(22)24)20(25)16-7-5-15(6-8-16)17-4-2-3-14(9-17)10-21/h2-9,13,18H,10-12,21H2,1H3,(H2,22,24). The first-order chi connectivity index (χ1) is 12.5. The van der Waals surface area contributed by atoms with Crippen LogP contribution in [0.25, 0.3) is 11.1 Å². The van der Waals surface area contributed by atoms with Crippen LogP contribution in [0.4, 0.5) is 0 Å². The third-order valence-corrected chi connectivity index (χ3v) is 4.49. The molecule has 2 amide bonds.